The van der Waals surface area contributed by atoms with Crippen molar-refractivity contribution in [2.24, 2.45) is 0 Å². The van der Waals surface area contributed by atoms with Gasteiger partial charge in [0.25, 0.3) is 0 Å². The summed E-state index contributed by atoms with van der Waals surface area (Å²) in [5.41, 5.74) is 1.22. The summed E-state index contributed by atoms with van der Waals surface area (Å²) < 4.78 is 0. The van der Waals surface area contributed by atoms with Crippen LogP contribution in [0, 0.1) is 0 Å². The van der Waals surface area contributed by atoms with Crippen molar-refractivity contribution in [2.45, 2.75) is 57.8 Å². The van der Waals surface area contributed by atoms with Gasteiger partial charge in [0.1, 0.15) is 11.6 Å². The van der Waals surface area contributed by atoms with Gasteiger partial charge in [0.05, 0.1) is 5.69 Å². The molecule has 0 radical (unpaired) electrons. The third-order valence-electron chi connectivity index (χ3n) is 3.49. The van der Waals surface area contributed by atoms with Gasteiger partial charge < -0.3 is 5.32 Å². The van der Waals surface area contributed by atoms with Crippen LogP contribution in [0.1, 0.15) is 63.9 Å². The maximum absolute atomic E-state index is 4.78. The van der Waals surface area contributed by atoms with E-state index in [9.17, 15) is 0 Å². The zero-order valence-corrected chi connectivity index (χ0v) is 11.4. The Balaban J connectivity index is 2.38. The Hall–Kier alpha value is -1.12. The van der Waals surface area contributed by atoms with E-state index in [1.54, 1.807) is 0 Å². The summed E-state index contributed by atoms with van der Waals surface area (Å²) in [6.45, 7) is 6.60. The quantitative estimate of drug-likeness (QED) is 0.850. The smallest absolute Gasteiger partial charge is 0.134 e. The van der Waals surface area contributed by atoms with Gasteiger partial charge in [-0.05, 0) is 12.8 Å². The predicted molar refractivity (Wildman–Crippen MR) is 71.5 cm³/mol. The van der Waals surface area contributed by atoms with Crippen LogP contribution in [-0.4, -0.2) is 17.0 Å². The second-order valence-corrected chi connectivity index (χ2v) is 5.98. The molecule has 0 unspecified atom stereocenters. The van der Waals surface area contributed by atoms with Gasteiger partial charge in [-0.2, -0.15) is 0 Å². The van der Waals surface area contributed by atoms with Crippen molar-refractivity contribution < 1.29 is 0 Å². The molecule has 1 aliphatic rings. The van der Waals surface area contributed by atoms with E-state index in [0.717, 1.165) is 17.3 Å². The van der Waals surface area contributed by atoms with Gasteiger partial charge >= 0.3 is 0 Å². The molecule has 1 N–H and O–H groups in total. The SMILES string of the molecule is CNc1cc(C(C)(C)C)nc(C2CCCC2)n1. The van der Waals surface area contributed by atoms with E-state index in [4.69, 9.17) is 4.98 Å². The molecule has 2 rings (SSSR count). The Morgan fingerprint density at radius 2 is 1.82 bits per heavy atom. The van der Waals surface area contributed by atoms with Crippen molar-refractivity contribution in [3.8, 4) is 0 Å². The highest BCUT2D eigenvalue weighted by atomic mass is 15.0. The Morgan fingerprint density at radius 3 is 2.35 bits per heavy atom. The molecule has 0 saturated heterocycles. The van der Waals surface area contributed by atoms with Crippen molar-refractivity contribution in [3.63, 3.8) is 0 Å². The lowest BCUT2D eigenvalue weighted by Crippen LogP contribution is -2.17. The van der Waals surface area contributed by atoms with Crippen LogP contribution < -0.4 is 5.32 Å². The first-order valence-corrected chi connectivity index (χ1v) is 6.58. The van der Waals surface area contributed by atoms with Gasteiger partial charge in [-0.1, -0.05) is 33.6 Å². The summed E-state index contributed by atoms with van der Waals surface area (Å²) in [6.07, 6.45) is 5.14. The molecule has 0 amide bonds. The summed E-state index contributed by atoms with van der Waals surface area (Å²) in [4.78, 5) is 9.41. The lowest BCUT2D eigenvalue weighted by atomic mass is 9.91. The highest BCUT2D eigenvalue weighted by Crippen LogP contribution is 2.33. The molecular formula is C14H23N3. The van der Waals surface area contributed by atoms with E-state index < -0.39 is 0 Å². The Labute approximate surface area is 104 Å². The number of nitrogens with zero attached hydrogens (tertiary/aromatic N) is 2. The van der Waals surface area contributed by atoms with E-state index in [0.29, 0.717) is 5.92 Å². The molecule has 1 aliphatic carbocycles. The van der Waals surface area contributed by atoms with Gasteiger partial charge in [-0.25, -0.2) is 9.97 Å². The molecule has 3 nitrogen and oxygen atoms in total. The molecule has 1 fully saturated rings. The maximum atomic E-state index is 4.78. The van der Waals surface area contributed by atoms with Gasteiger partial charge in [-0.3, -0.25) is 0 Å². The minimum Gasteiger partial charge on any atom is -0.373 e. The van der Waals surface area contributed by atoms with Crippen LogP contribution in [0.15, 0.2) is 6.07 Å². The third kappa shape index (κ3) is 2.76. The van der Waals surface area contributed by atoms with Crippen LogP contribution in [0.2, 0.25) is 0 Å². The van der Waals surface area contributed by atoms with Gasteiger partial charge in [0.2, 0.25) is 0 Å². The molecule has 0 aromatic carbocycles. The van der Waals surface area contributed by atoms with Gasteiger partial charge in [-0.15, -0.1) is 0 Å². The van der Waals surface area contributed by atoms with Crippen molar-refractivity contribution in [3.05, 3.63) is 17.6 Å². The molecule has 0 atom stereocenters. The largest absolute Gasteiger partial charge is 0.373 e. The summed E-state index contributed by atoms with van der Waals surface area (Å²) in [5.74, 6) is 2.57. The summed E-state index contributed by atoms with van der Waals surface area (Å²) in [5, 5.41) is 3.15. The molecule has 1 heterocycles. The second-order valence-electron chi connectivity index (χ2n) is 5.98. The van der Waals surface area contributed by atoms with Crippen LogP contribution in [0.5, 0.6) is 0 Å². The standard InChI is InChI=1S/C14H23N3/c1-14(2,3)11-9-12(15-4)17-13(16-11)10-7-5-6-8-10/h9-10H,5-8H2,1-4H3,(H,15,16,17). The molecular weight excluding hydrogens is 210 g/mol. The van der Waals surface area contributed by atoms with Gasteiger partial charge in [0, 0.05) is 24.4 Å². The third-order valence-corrected chi connectivity index (χ3v) is 3.49. The topological polar surface area (TPSA) is 37.8 Å². The van der Waals surface area contributed by atoms with Crippen LogP contribution >= 0.6 is 0 Å². The highest BCUT2D eigenvalue weighted by Gasteiger charge is 2.23. The van der Waals surface area contributed by atoms with E-state index in [1.807, 2.05) is 7.05 Å². The molecule has 1 aromatic heterocycles. The number of hydrogen-bond donors (Lipinski definition) is 1. The second kappa shape index (κ2) is 4.63. The fourth-order valence-electron chi connectivity index (χ4n) is 2.34. The average molecular weight is 233 g/mol. The van der Waals surface area contributed by atoms with E-state index in [2.05, 4.69) is 37.1 Å². The summed E-state index contributed by atoms with van der Waals surface area (Å²) in [6, 6.07) is 2.07. The Kier molecular flexibility index (Phi) is 3.36. The van der Waals surface area contributed by atoms with Crippen molar-refractivity contribution in [1.29, 1.82) is 0 Å². The first kappa shape index (κ1) is 12.3. The first-order valence-electron chi connectivity index (χ1n) is 6.58. The Bertz CT molecular complexity index is 387. The molecule has 0 spiro atoms. The fraction of sp³-hybridized carbons (Fsp3) is 0.714. The monoisotopic (exact) mass is 233 g/mol. The summed E-state index contributed by atoms with van der Waals surface area (Å²) >= 11 is 0. The fourth-order valence-corrected chi connectivity index (χ4v) is 2.34. The zero-order valence-electron chi connectivity index (χ0n) is 11.4. The van der Waals surface area contributed by atoms with Crippen molar-refractivity contribution in [2.75, 3.05) is 12.4 Å². The molecule has 1 aromatic rings. The predicted octanol–water partition coefficient (Wildman–Crippen LogP) is 3.47. The maximum Gasteiger partial charge on any atom is 0.134 e. The normalized spacial score (nSPS) is 17.4. The lowest BCUT2D eigenvalue weighted by Gasteiger charge is -2.20. The van der Waals surface area contributed by atoms with Gasteiger partial charge in [0.15, 0.2) is 0 Å². The van der Waals surface area contributed by atoms with E-state index in [1.165, 1.54) is 25.7 Å². The van der Waals surface area contributed by atoms with Crippen LogP contribution in [0.25, 0.3) is 0 Å². The first-order chi connectivity index (χ1) is 8.00. The summed E-state index contributed by atoms with van der Waals surface area (Å²) in [7, 11) is 1.92. The Morgan fingerprint density at radius 1 is 1.18 bits per heavy atom. The van der Waals surface area contributed by atoms with Crippen LogP contribution in [0.3, 0.4) is 0 Å². The lowest BCUT2D eigenvalue weighted by molar-refractivity contribution is 0.552. The number of anilines is 1. The van der Waals surface area contributed by atoms with Crippen LogP contribution in [-0.2, 0) is 5.41 Å². The molecule has 0 aliphatic heterocycles. The van der Waals surface area contributed by atoms with Crippen molar-refractivity contribution >= 4 is 5.82 Å². The van der Waals surface area contributed by atoms with E-state index in [-0.39, 0.29) is 5.41 Å². The van der Waals surface area contributed by atoms with E-state index >= 15 is 0 Å². The molecule has 3 heteroatoms. The molecule has 0 bridgehead atoms. The highest BCUT2D eigenvalue weighted by molar-refractivity contribution is 5.37. The number of nitrogens with one attached hydrogen (secondary N) is 1. The minimum absolute atomic E-state index is 0.0852. The number of aromatic nitrogens is 2. The number of hydrogen-bond acceptors (Lipinski definition) is 3. The number of rotatable bonds is 2. The zero-order chi connectivity index (χ0) is 12.5. The van der Waals surface area contributed by atoms with Crippen LogP contribution in [0.4, 0.5) is 5.82 Å². The molecule has 94 valence electrons. The van der Waals surface area contributed by atoms with Crippen molar-refractivity contribution in [1.82, 2.24) is 9.97 Å². The minimum atomic E-state index is 0.0852. The molecule has 17 heavy (non-hydrogen) atoms. The average Bonchev–Trinajstić information content (AvgIpc) is 2.80. The molecule has 1 saturated carbocycles.